The number of carbonyl (C=O) groups is 2. The van der Waals surface area contributed by atoms with E-state index in [9.17, 15) is 14.0 Å². The molecule has 0 heterocycles. The zero-order chi connectivity index (χ0) is 15.2. The van der Waals surface area contributed by atoms with Crippen molar-refractivity contribution in [3.63, 3.8) is 0 Å². The number of carboxylic acids is 1. The van der Waals surface area contributed by atoms with Gasteiger partial charge in [-0.2, -0.15) is 0 Å². The fraction of sp³-hybridized carbons (Fsp3) is 0.0667. The van der Waals surface area contributed by atoms with E-state index in [0.29, 0.717) is 5.75 Å². The van der Waals surface area contributed by atoms with Gasteiger partial charge >= 0.3 is 5.97 Å². The van der Waals surface area contributed by atoms with Crippen LogP contribution in [-0.2, 0) is 4.79 Å². The van der Waals surface area contributed by atoms with E-state index in [1.165, 1.54) is 12.1 Å². The number of anilines is 1. The van der Waals surface area contributed by atoms with Crippen LogP contribution in [0.25, 0.3) is 0 Å². The summed E-state index contributed by atoms with van der Waals surface area (Å²) in [5.41, 5.74) is -0.285. The Morgan fingerprint density at radius 2 is 1.86 bits per heavy atom. The van der Waals surface area contributed by atoms with E-state index >= 15 is 0 Å². The molecule has 0 saturated carbocycles. The molecule has 2 rings (SSSR count). The van der Waals surface area contributed by atoms with Crippen LogP contribution in [-0.4, -0.2) is 23.6 Å². The lowest BCUT2D eigenvalue weighted by Crippen LogP contribution is -2.20. The molecule has 0 aliphatic rings. The van der Waals surface area contributed by atoms with Crippen molar-refractivity contribution >= 4 is 17.6 Å². The molecular weight excluding hydrogens is 277 g/mol. The number of para-hydroxylation sites is 1. The van der Waals surface area contributed by atoms with Crippen LogP contribution in [0, 0.1) is 5.82 Å². The molecule has 5 nitrogen and oxygen atoms in total. The number of nitrogens with one attached hydrogen (secondary N) is 1. The van der Waals surface area contributed by atoms with Gasteiger partial charge in [-0.3, -0.25) is 4.79 Å². The molecule has 0 bridgehead atoms. The minimum absolute atomic E-state index is 0.0957. The molecule has 0 atom stereocenters. The molecule has 0 fully saturated rings. The predicted octanol–water partition coefficient (Wildman–Crippen LogP) is 2.54. The van der Waals surface area contributed by atoms with Crippen molar-refractivity contribution in [3.8, 4) is 5.75 Å². The highest BCUT2D eigenvalue weighted by molar-refractivity contribution is 5.93. The van der Waals surface area contributed by atoms with E-state index < -0.39 is 17.7 Å². The average molecular weight is 289 g/mol. The molecule has 0 spiro atoms. The fourth-order valence-corrected chi connectivity index (χ4v) is 1.60. The van der Waals surface area contributed by atoms with Gasteiger partial charge in [0.1, 0.15) is 11.6 Å². The van der Waals surface area contributed by atoms with Gasteiger partial charge in [-0.1, -0.05) is 18.2 Å². The van der Waals surface area contributed by atoms with Gasteiger partial charge in [0.2, 0.25) is 0 Å². The Kier molecular flexibility index (Phi) is 4.50. The van der Waals surface area contributed by atoms with Crippen molar-refractivity contribution in [2.24, 2.45) is 0 Å². The molecule has 21 heavy (non-hydrogen) atoms. The second kappa shape index (κ2) is 6.51. The lowest BCUT2D eigenvalue weighted by atomic mass is 10.2. The third-order valence-corrected chi connectivity index (χ3v) is 2.60. The van der Waals surface area contributed by atoms with Crippen LogP contribution in [0.4, 0.5) is 10.1 Å². The standard InChI is InChI=1S/C15H12FNO4/c16-12-8-10(15(19)20)6-7-13(12)17-14(18)9-21-11-4-2-1-3-5-11/h1-8H,9H2,(H,17,18)(H,19,20). The Hall–Kier alpha value is -2.89. The number of aromatic carboxylic acids is 1. The monoisotopic (exact) mass is 289 g/mol. The maximum absolute atomic E-state index is 13.6. The second-order valence-corrected chi connectivity index (χ2v) is 4.15. The van der Waals surface area contributed by atoms with Crippen LogP contribution in [0.5, 0.6) is 5.75 Å². The average Bonchev–Trinajstić information content (AvgIpc) is 2.48. The number of carboxylic acid groups (broad SMARTS) is 1. The van der Waals surface area contributed by atoms with Crippen molar-refractivity contribution in [2.75, 3.05) is 11.9 Å². The number of benzene rings is 2. The number of ether oxygens (including phenoxy) is 1. The topological polar surface area (TPSA) is 75.6 Å². The number of halogens is 1. The highest BCUT2D eigenvalue weighted by Crippen LogP contribution is 2.16. The highest BCUT2D eigenvalue weighted by Gasteiger charge is 2.11. The minimum atomic E-state index is -1.24. The highest BCUT2D eigenvalue weighted by atomic mass is 19.1. The maximum atomic E-state index is 13.6. The summed E-state index contributed by atoms with van der Waals surface area (Å²) >= 11 is 0. The molecule has 1 amide bonds. The summed E-state index contributed by atoms with van der Waals surface area (Å²) in [4.78, 5) is 22.3. The largest absolute Gasteiger partial charge is 0.484 e. The number of hydrogen-bond donors (Lipinski definition) is 2. The Morgan fingerprint density at radius 1 is 1.14 bits per heavy atom. The molecule has 0 aromatic heterocycles. The molecule has 0 aliphatic heterocycles. The number of rotatable bonds is 5. The first-order chi connectivity index (χ1) is 10.1. The molecule has 0 aliphatic carbocycles. The van der Waals surface area contributed by atoms with E-state index in [1.807, 2.05) is 6.07 Å². The van der Waals surface area contributed by atoms with Crippen molar-refractivity contribution in [1.29, 1.82) is 0 Å². The van der Waals surface area contributed by atoms with E-state index in [-0.39, 0.29) is 17.9 Å². The van der Waals surface area contributed by atoms with E-state index in [1.54, 1.807) is 24.3 Å². The zero-order valence-corrected chi connectivity index (χ0v) is 10.9. The Labute approximate surface area is 120 Å². The van der Waals surface area contributed by atoms with Crippen LogP contribution >= 0.6 is 0 Å². The maximum Gasteiger partial charge on any atom is 0.335 e. The lowest BCUT2D eigenvalue weighted by molar-refractivity contribution is -0.118. The Bertz CT molecular complexity index is 658. The van der Waals surface area contributed by atoms with Crippen LogP contribution in [0.3, 0.4) is 0 Å². The van der Waals surface area contributed by atoms with Crippen molar-refractivity contribution < 1.29 is 23.8 Å². The van der Waals surface area contributed by atoms with Crippen LogP contribution in [0.15, 0.2) is 48.5 Å². The predicted molar refractivity (Wildman–Crippen MR) is 73.9 cm³/mol. The first-order valence-electron chi connectivity index (χ1n) is 6.07. The van der Waals surface area contributed by atoms with E-state index in [4.69, 9.17) is 9.84 Å². The van der Waals surface area contributed by atoms with Crippen molar-refractivity contribution in [2.45, 2.75) is 0 Å². The molecule has 2 aromatic carbocycles. The summed E-state index contributed by atoms with van der Waals surface area (Å²) < 4.78 is 18.8. The van der Waals surface area contributed by atoms with E-state index in [2.05, 4.69) is 5.32 Å². The first kappa shape index (κ1) is 14.5. The normalized spacial score (nSPS) is 9.95. The summed E-state index contributed by atoms with van der Waals surface area (Å²) in [7, 11) is 0. The second-order valence-electron chi connectivity index (χ2n) is 4.15. The van der Waals surface area contributed by atoms with Gasteiger partial charge in [0.15, 0.2) is 6.61 Å². The summed E-state index contributed by atoms with van der Waals surface area (Å²) in [6, 6.07) is 12.0. The van der Waals surface area contributed by atoms with E-state index in [0.717, 1.165) is 6.07 Å². The molecule has 2 N–H and O–H groups in total. The Morgan fingerprint density at radius 3 is 2.48 bits per heavy atom. The van der Waals surface area contributed by atoms with Gasteiger partial charge < -0.3 is 15.2 Å². The molecule has 0 radical (unpaired) electrons. The van der Waals surface area contributed by atoms with Crippen LogP contribution in [0.2, 0.25) is 0 Å². The molecular formula is C15H12FNO4. The SMILES string of the molecule is O=C(COc1ccccc1)Nc1ccc(C(=O)O)cc1F. The summed E-state index contributed by atoms with van der Waals surface area (Å²) in [5.74, 6) is -2.07. The number of hydrogen-bond acceptors (Lipinski definition) is 3. The van der Waals surface area contributed by atoms with Crippen molar-refractivity contribution in [3.05, 3.63) is 59.9 Å². The van der Waals surface area contributed by atoms with Crippen molar-refractivity contribution in [1.82, 2.24) is 0 Å². The molecule has 0 saturated heterocycles. The summed E-state index contributed by atoms with van der Waals surface area (Å²) in [6.07, 6.45) is 0. The first-order valence-corrected chi connectivity index (χ1v) is 6.07. The van der Waals surface area contributed by atoms with Crippen LogP contribution < -0.4 is 10.1 Å². The van der Waals surface area contributed by atoms with Gasteiger partial charge in [-0.15, -0.1) is 0 Å². The fourth-order valence-electron chi connectivity index (χ4n) is 1.60. The molecule has 2 aromatic rings. The van der Waals surface area contributed by atoms with Gasteiger partial charge in [0, 0.05) is 0 Å². The molecule has 108 valence electrons. The number of carbonyl (C=O) groups excluding carboxylic acids is 1. The third-order valence-electron chi connectivity index (χ3n) is 2.60. The molecule has 0 unspecified atom stereocenters. The quantitative estimate of drug-likeness (QED) is 0.887. The number of amides is 1. The Balaban J connectivity index is 1.95. The zero-order valence-electron chi connectivity index (χ0n) is 10.9. The van der Waals surface area contributed by atoms with Gasteiger partial charge in [0.05, 0.1) is 11.3 Å². The van der Waals surface area contributed by atoms with Gasteiger partial charge in [-0.25, -0.2) is 9.18 Å². The van der Waals surface area contributed by atoms with Gasteiger partial charge in [-0.05, 0) is 30.3 Å². The van der Waals surface area contributed by atoms with Crippen LogP contribution in [0.1, 0.15) is 10.4 Å². The summed E-state index contributed by atoms with van der Waals surface area (Å²) in [6.45, 7) is -0.274. The third kappa shape index (κ3) is 4.04. The van der Waals surface area contributed by atoms with Gasteiger partial charge in [0.25, 0.3) is 5.91 Å². The molecule has 6 heteroatoms. The lowest BCUT2D eigenvalue weighted by Gasteiger charge is -2.08. The summed E-state index contributed by atoms with van der Waals surface area (Å²) in [5, 5.41) is 11.0. The minimum Gasteiger partial charge on any atom is -0.484 e. The smallest absolute Gasteiger partial charge is 0.335 e.